The number of benzene rings is 2. The van der Waals surface area contributed by atoms with Crippen molar-refractivity contribution in [3.05, 3.63) is 64.0 Å². The van der Waals surface area contributed by atoms with Gasteiger partial charge in [0.25, 0.3) is 5.91 Å². The Labute approximate surface area is 245 Å². The molecular weight excluding hydrogens is 536 g/mol. The van der Waals surface area contributed by atoms with E-state index in [1.54, 1.807) is 11.3 Å². The lowest BCUT2D eigenvalue weighted by Gasteiger charge is -2.35. The molecule has 1 saturated carbocycles. The number of carboxylic acid groups (broad SMARTS) is 1. The second-order valence-corrected chi connectivity index (χ2v) is 12.7. The zero-order chi connectivity index (χ0) is 28.7. The fraction of sp³-hybridized carbons (Fsp3) is 0.469. The van der Waals surface area contributed by atoms with Crippen LogP contribution in [0.5, 0.6) is 5.75 Å². The number of likely N-dealkylation sites (N-methyl/N-ethyl adjacent to an activating group) is 1. The predicted octanol–water partition coefficient (Wildman–Crippen LogP) is 4.94. The van der Waals surface area contributed by atoms with Crippen molar-refractivity contribution >= 4 is 28.3 Å². The number of rotatable bonds is 7. The van der Waals surface area contributed by atoms with Crippen LogP contribution in [0.25, 0.3) is 11.3 Å². The number of nitrogens with zero attached hydrogens (tertiary/aromatic N) is 4. The molecule has 2 unspecified atom stereocenters. The van der Waals surface area contributed by atoms with Crippen molar-refractivity contribution in [3.8, 4) is 17.0 Å². The number of hydrogen-bond donors (Lipinski definition) is 1. The largest absolute Gasteiger partial charge is 0.488 e. The molecule has 3 aromatic rings. The number of hydrogen-bond acceptors (Lipinski definition) is 7. The number of carbonyl (C=O) groups is 2. The number of aryl methyl sites for hydroxylation is 2. The highest BCUT2D eigenvalue weighted by molar-refractivity contribution is 7.14. The van der Waals surface area contributed by atoms with E-state index in [-0.39, 0.29) is 23.7 Å². The Kier molecular flexibility index (Phi) is 7.74. The van der Waals surface area contributed by atoms with Crippen LogP contribution in [0, 0.1) is 31.6 Å². The maximum atomic E-state index is 13.0. The molecule has 1 amide bonds. The fourth-order valence-corrected chi connectivity index (χ4v) is 7.47. The average molecular weight is 575 g/mol. The average Bonchev–Trinajstić information content (AvgIpc) is 3.55. The van der Waals surface area contributed by atoms with Gasteiger partial charge in [-0.05, 0) is 81.0 Å². The third kappa shape index (κ3) is 5.70. The van der Waals surface area contributed by atoms with Gasteiger partial charge in [-0.3, -0.25) is 9.59 Å². The molecule has 2 aromatic carbocycles. The standard InChI is InChI=1S/C32H38N4O4S/c1-20-4-9-28(40-18-25-8-5-22(15-21(25)2)30(37)35-12-10-34(3)11-13-35)26(14-20)27-19-41-32(33-27)36-16-23-6-7-24(17-36)29(23)31(38)39/h4-5,8-9,14-15,19,23-24,29H,6-7,10-13,16-18H2,1-3H3,(H,38,39)/t23-,24?,29?/m1/s1. The Hall–Kier alpha value is -3.43. The van der Waals surface area contributed by atoms with E-state index in [1.165, 1.54) is 0 Å². The molecule has 1 aromatic heterocycles. The minimum absolute atomic E-state index is 0.0917. The zero-order valence-corrected chi connectivity index (χ0v) is 24.8. The molecule has 2 saturated heterocycles. The summed E-state index contributed by atoms with van der Waals surface area (Å²) in [5.74, 6) is 0.393. The number of aliphatic carboxylic acids is 1. The van der Waals surface area contributed by atoms with Crippen LogP contribution in [0.3, 0.4) is 0 Å². The zero-order valence-electron chi connectivity index (χ0n) is 24.0. The molecule has 0 radical (unpaired) electrons. The first-order chi connectivity index (χ1) is 19.8. The van der Waals surface area contributed by atoms with Crippen molar-refractivity contribution < 1.29 is 19.4 Å². The van der Waals surface area contributed by atoms with E-state index in [9.17, 15) is 14.7 Å². The quantitative estimate of drug-likeness (QED) is 0.428. The molecule has 2 bridgehead atoms. The minimum Gasteiger partial charge on any atom is -0.488 e. The second kappa shape index (κ2) is 11.4. The topological polar surface area (TPSA) is 86.2 Å². The highest BCUT2D eigenvalue weighted by Crippen LogP contribution is 2.44. The summed E-state index contributed by atoms with van der Waals surface area (Å²) in [6, 6.07) is 12.0. The molecule has 3 atom stereocenters. The summed E-state index contributed by atoms with van der Waals surface area (Å²) in [5, 5.41) is 12.7. The van der Waals surface area contributed by atoms with Crippen LogP contribution in [-0.2, 0) is 11.4 Å². The lowest BCUT2D eigenvalue weighted by atomic mass is 9.85. The van der Waals surface area contributed by atoms with E-state index in [2.05, 4.69) is 35.2 Å². The maximum Gasteiger partial charge on any atom is 0.307 e. The number of amides is 1. The van der Waals surface area contributed by atoms with Gasteiger partial charge in [-0.15, -0.1) is 11.3 Å². The molecular formula is C32H38N4O4S. The van der Waals surface area contributed by atoms with Crippen molar-refractivity contribution in [1.29, 1.82) is 0 Å². The van der Waals surface area contributed by atoms with Gasteiger partial charge in [0.2, 0.25) is 0 Å². The van der Waals surface area contributed by atoms with Gasteiger partial charge in [-0.1, -0.05) is 17.7 Å². The third-order valence-electron chi connectivity index (χ3n) is 9.06. The van der Waals surface area contributed by atoms with Gasteiger partial charge < -0.3 is 24.5 Å². The summed E-state index contributed by atoms with van der Waals surface area (Å²) in [6.07, 6.45) is 1.97. The minimum atomic E-state index is -0.648. The molecule has 3 aliphatic rings. The molecule has 8 nitrogen and oxygen atoms in total. The van der Waals surface area contributed by atoms with Crippen LogP contribution in [0.15, 0.2) is 41.8 Å². The summed E-state index contributed by atoms with van der Waals surface area (Å²) >= 11 is 1.61. The van der Waals surface area contributed by atoms with E-state index in [1.807, 2.05) is 42.2 Å². The van der Waals surface area contributed by atoms with Gasteiger partial charge >= 0.3 is 5.97 Å². The van der Waals surface area contributed by atoms with E-state index in [4.69, 9.17) is 9.72 Å². The number of aromatic nitrogens is 1. The lowest BCUT2D eigenvalue weighted by molar-refractivity contribution is -0.144. The summed E-state index contributed by atoms with van der Waals surface area (Å²) in [6.45, 7) is 9.33. The highest BCUT2D eigenvalue weighted by Gasteiger charge is 2.46. The number of carboxylic acids is 1. The Bertz CT molecular complexity index is 1430. The van der Waals surface area contributed by atoms with Crippen molar-refractivity contribution in [2.45, 2.75) is 33.3 Å². The van der Waals surface area contributed by atoms with Crippen LogP contribution >= 0.6 is 11.3 Å². The number of piperazine rings is 1. The van der Waals surface area contributed by atoms with Crippen LogP contribution in [0.4, 0.5) is 5.13 Å². The van der Waals surface area contributed by atoms with E-state index in [0.717, 1.165) is 96.5 Å². The first-order valence-electron chi connectivity index (χ1n) is 14.5. The van der Waals surface area contributed by atoms with E-state index < -0.39 is 5.97 Å². The molecule has 6 rings (SSSR count). The monoisotopic (exact) mass is 574 g/mol. The van der Waals surface area contributed by atoms with Crippen molar-refractivity contribution in [3.63, 3.8) is 0 Å². The van der Waals surface area contributed by atoms with Crippen molar-refractivity contribution in [1.82, 2.24) is 14.8 Å². The summed E-state index contributed by atoms with van der Waals surface area (Å²) < 4.78 is 6.37. The van der Waals surface area contributed by atoms with Crippen LogP contribution in [-0.4, -0.2) is 78.1 Å². The lowest BCUT2D eigenvalue weighted by Crippen LogP contribution is -2.47. The molecule has 3 fully saturated rings. The summed E-state index contributed by atoms with van der Waals surface area (Å²) in [5.41, 5.74) is 5.76. The molecule has 41 heavy (non-hydrogen) atoms. The molecule has 1 N–H and O–H groups in total. The van der Waals surface area contributed by atoms with Gasteiger partial charge in [-0.2, -0.15) is 0 Å². The third-order valence-corrected chi connectivity index (χ3v) is 9.96. The SMILES string of the molecule is Cc1ccc(OCc2ccc(C(=O)N3CCN(C)CC3)cc2C)c(-c2csc(N3CC4CC[C@H](C3)C4C(=O)O)n2)c1. The second-order valence-electron chi connectivity index (χ2n) is 11.9. The molecule has 2 aliphatic heterocycles. The smallest absolute Gasteiger partial charge is 0.307 e. The molecule has 0 spiro atoms. The van der Waals surface area contributed by atoms with Crippen LogP contribution in [0.1, 0.15) is 39.9 Å². The van der Waals surface area contributed by atoms with Gasteiger partial charge in [0, 0.05) is 55.8 Å². The molecule has 3 heterocycles. The van der Waals surface area contributed by atoms with Gasteiger partial charge in [-0.25, -0.2) is 4.98 Å². The van der Waals surface area contributed by atoms with Crippen LogP contribution in [0.2, 0.25) is 0 Å². The number of ether oxygens (including phenoxy) is 1. The number of piperidine rings is 1. The predicted molar refractivity (Wildman–Crippen MR) is 161 cm³/mol. The van der Waals surface area contributed by atoms with E-state index in [0.29, 0.717) is 6.61 Å². The van der Waals surface area contributed by atoms with Crippen LogP contribution < -0.4 is 9.64 Å². The molecule has 216 valence electrons. The maximum absolute atomic E-state index is 13.0. The van der Waals surface area contributed by atoms with Gasteiger partial charge in [0.1, 0.15) is 12.4 Å². The Morgan fingerprint density at radius 2 is 1.76 bits per heavy atom. The Morgan fingerprint density at radius 3 is 2.44 bits per heavy atom. The normalized spacial score (nSPS) is 22.7. The Balaban J connectivity index is 1.15. The van der Waals surface area contributed by atoms with Gasteiger partial charge in [0.05, 0.1) is 11.6 Å². The van der Waals surface area contributed by atoms with Crippen molar-refractivity contribution in [2.75, 3.05) is 51.2 Å². The fourth-order valence-electron chi connectivity index (χ4n) is 6.62. The van der Waals surface area contributed by atoms with E-state index >= 15 is 0 Å². The first kappa shape index (κ1) is 27.7. The highest BCUT2D eigenvalue weighted by atomic mass is 32.1. The number of thiazole rings is 1. The summed E-state index contributed by atoms with van der Waals surface area (Å²) in [7, 11) is 2.09. The first-order valence-corrected chi connectivity index (χ1v) is 15.4. The number of carbonyl (C=O) groups excluding carboxylic acids is 1. The van der Waals surface area contributed by atoms with Crippen molar-refractivity contribution in [2.24, 2.45) is 17.8 Å². The summed E-state index contributed by atoms with van der Waals surface area (Å²) in [4.78, 5) is 36.2. The molecule has 1 aliphatic carbocycles. The Morgan fingerprint density at radius 1 is 1.02 bits per heavy atom. The number of fused-ring (bicyclic) bond motifs is 2. The molecule has 9 heteroatoms. The van der Waals surface area contributed by atoms with Gasteiger partial charge in [0.15, 0.2) is 5.13 Å². The number of anilines is 1.